The van der Waals surface area contributed by atoms with Crippen LogP contribution in [0.4, 0.5) is 0 Å². The molecule has 1 aliphatic rings. The van der Waals surface area contributed by atoms with Gasteiger partial charge in [-0.05, 0) is 56.4 Å². The van der Waals surface area contributed by atoms with Crippen molar-refractivity contribution in [3.05, 3.63) is 28.3 Å². The van der Waals surface area contributed by atoms with Crippen molar-refractivity contribution in [3.63, 3.8) is 0 Å². The van der Waals surface area contributed by atoms with Gasteiger partial charge in [0.05, 0.1) is 0 Å². The lowest BCUT2D eigenvalue weighted by Crippen LogP contribution is -2.06. The lowest BCUT2D eigenvalue weighted by Gasteiger charge is -2.11. The summed E-state index contributed by atoms with van der Waals surface area (Å²) in [5.74, 6) is 0.811. The van der Waals surface area contributed by atoms with Gasteiger partial charge in [0, 0.05) is 11.5 Å². The molecule has 80 valence electrons. The number of phenols is 1. The molecule has 0 aliphatic heterocycles. The van der Waals surface area contributed by atoms with E-state index in [1.54, 1.807) is 0 Å². The summed E-state index contributed by atoms with van der Waals surface area (Å²) in [7, 11) is 0. The molecule has 0 atom stereocenters. The molecular weight excluding hydrogens is 188 g/mol. The zero-order chi connectivity index (χ0) is 11.2. The van der Waals surface area contributed by atoms with Crippen LogP contribution in [0.25, 0.3) is 0 Å². The average molecular weight is 204 g/mol. The summed E-state index contributed by atoms with van der Waals surface area (Å²) >= 11 is 0. The third kappa shape index (κ3) is 1.65. The number of rotatable bonds is 2. The van der Waals surface area contributed by atoms with Crippen molar-refractivity contribution >= 4 is 5.78 Å². The first kappa shape index (κ1) is 10.2. The quantitative estimate of drug-likeness (QED) is 0.752. The number of hydrogen-bond donors (Lipinski definition) is 1. The Labute approximate surface area is 89.9 Å². The first-order chi connectivity index (χ1) is 7.02. The number of aryl methyl sites for hydroxylation is 1. The number of hydrogen-bond acceptors (Lipinski definition) is 2. The second kappa shape index (κ2) is 3.37. The SMILES string of the molecule is Cc1cc(C(=O)C2CC2)c(C)c(C)c1O. The Morgan fingerprint density at radius 1 is 1.27 bits per heavy atom. The molecule has 0 saturated heterocycles. The van der Waals surface area contributed by atoms with Crippen LogP contribution >= 0.6 is 0 Å². The van der Waals surface area contributed by atoms with Crippen molar-refractivity contribution in [2.45, 2.75) is 33.6 Å². The lowest BCUT2D eigenvalue weighted by molar-refractivity contribution is 0.0967. The third-order valence-electron chi connectivity index (χ3n) is 3.27. The van der Waals surface area contributed by atoms with Crippen LogP contribution in [0.5, 0.6) is 5.75 Å². The van der Waals surface area contributed by atoms with Gasteiger partial charge in [0.1, 0.15) is 5.75 Å². The van der Waals surface area contributed by atoms with Crippen LogP contribution in [0.15, 0.2) is 6.07 Å². The molecule has 2 heteroatoms. The Morgan fingerprint density at radius 3 is 2.40 bits per heavy atom. The highest BCUT2D eigenvalue weighted by Gasteiger charge is 2.31. The third-order valence-corrected chi connectivity index (χ3v) is 3.27. The van der Waals surface area contributed by atoms with E-state index in [2.05, 4.69) is 0 Å². The summed E-state index contributed by atoms with van der Waals surface area (Å²) in [6, 6.07) is 1.82. The van der Waals surface area contributed by atoms with Gasteiger partial charge in [0.2, 0.25) is 0 Å². The highest BCUT2D eigenvalue weighted by atomic mass is 16.3. The van der Waals surface area contributed by atoms with Gasteiger partial charge < -0.3 is 5.11 Å². The Hall–Kier alpha value is -1.31. The zero-order valence-corrected chi connectivity index (χ0v) is 9.42. The molecule has 2 nitrogen and oxygen atoms in total. The largest absolute Gasteiger partial charge is 0.507 e. The van der Waals surface area contributed by atoms with Crippen LogP contribution in [0, 0.1) is 26.7 Å². The van der Waals surface area contributed by atoms with Gasteiger partial charge in [0.15, 0.2) is 5.78 Å². The Balaban J connectivity index is 2.51. The minimum atomic E-state index is 0.243. The van der Waals surface area contributed by atoms with E-state index in [-0.39, 0.29) is 11.7 Å². The highest BCUT2D eigenvalue weighted by molar-refractivity contribution is 6.01. The van der Waals surface area contributed by atoms with E-state index in [9.17, 15) is 9.90 Å². The predicted octanol–water partition coefficient (Wildman–Crippen LogP) is 2.91. The molecule has 0 spiro atoms. The number of phenolic OH excluding ortho intramolecular Hbond substituents is 1. The van der Waals surface area contributed by atoms with E-state index in [4.69, 9.17) is 0 Å². The van der Waals surface area contributed by atoms with E-state index >= 15 is 0 Å². The van der Waals surface area contributed by atoms with Crippen molar-refractivity contribution < 1.29 is 9.90 Å². The maximum atomic E-state index is 12.0. The Bertz CT molecular complexity index is 429. The fraction of sp³-hybridized carbons (Fsp3) is 0.462. The molecule has 0 amide bonds. The second-order valence-corrected chi connectivity index (χ2v) is 4.48. The fourth-order valence-corrected chi connectivity index (χ4v) is 1.89. The topological polar surface area (TPSA) is 37.3 Å². The van der Waals surface area contributed by atoms with E-state index in [1.165, 1.54) is 0 Å². The molecule has 1 aromatic carbocycles. The molecule has 0 radical (unpaired) electrons. The average Bonchev–Trinajstić information content (AvgIpc) is 3.03. The summed E-state index contributed by atoms with van der Waals surface area (Å²) in [6.45, 7) is 5.61. The standard InChI is InChI=1S/C13H16O2/c1-7-6-11(13(15)10-4-5-10)8(2)9(3)12(7)14/h6,10,14H,4-5H2,1-3H3. The van der Waals surface area contributed by atoms with Crippen LogP contribution in [0.1, 0.15) is 39.9 Å². The van der Waals surface area contributed by atoms with Gasteiger partial charge in [-0.3, -0.25) is 4.79 Å². The summed E-state index contributed by atoms with van der Waals surface area (Å²) in [4.78, 5) is 12.0. The number of carbonyl (C=O) groups is 1. The zero-order valence-electron chi connectivity index (χ0n) is 9.42. The van der Waals surface area contributed by atoms with Gasteiger partial charge in [0.25, 0.3) is 0 Å². The molecule has 15 heavy (non-hydrogen) atoms. The van der Waals surface area contributed by atoms with Crippen molar-refractivity contribution in [1.82, 2.24) is 0 Å². The molecule has 2 rings (SSSR count). The van der Waals surface area contributed by atoms with E-state index in [1.807, 2.05) is 26.8 Å². The van der Waals surface area contributed by atoms with Gasteiger partial charge in [-0.2, -0.15) is 0 Å². The highest BCUT2D eigenvalue weighted by Crippen LogP contribution is 2.36. The van der Waals surface area contributed by atoms with E-state index < -0.39 is 0 Å². The van der Waals surface area contributed by atoms with Gasteiger partial charge >= 0.3 is 0 Å². The first-order valence-corrected chi connectivity index (χ1v) is 5.36. The summed E-state index contributed by atoms with van der Waals surface area (Å²) in [5.41, 5.74) is 3.35. The molecule has 1 aromatic rings. The van der Waals surface area contributed by atoms with Crippen molar-refractivity contribution in [3.8, 4) is 5.75 Å². The molecule has 1 N–H and O–H groups in total. The van der Waals surface area contributed by atoms with E-state index in [0.717, 1.165) is 35.1 Å². The van der Waals surface area contributed by atoms with Crippen LogP contribution in [0.3, 0.4) is 0 Å². The summed E-state index contributed by atoms with van der Waals surface area (Å²) in [6.07, 6.45) is 2.05. The molecule has 0 heterocycles. The maximum absolute atomic E-state index is 12.0. The summed E-state index contributed by atoms with van der Waals surface area (Å²) in [5, 5.41) is 9.74. The molecular formula is C13H16O2. The smallest absolute Gasteiger partial charge is 0.166 e. The predicted molar refractivity (Wildman–Crippen MR) is 59.4 cm³/mol. The first-order valence-electron chi connectivity index (χ1n) is 5.36. The molecule has 1 saturated carbocycles. The molecule has 1 fully saturated rings. The molecule has 0 unspecified atom stereocenters. The normalized spacial score (nSPS) is 15.4. The van der Waals surface area contributed by atoms with Crippen LogP contribution in [-0.2, 0) is 0 Å². The number of carbonyl (C=O) groups excluding carboxylic acids is 1. The maximum Gasteiger partial charge on any atom is 0.166 e. The van der Waals surface area contributed by atoms with Crippen LogP contribution in [0.2, 0.25) is 0 Å². The van der Waals surface area contributed by atoms with Gasteiger partial charge in [-0.25, -0.2) is 0 Å². The number of Topliss-reactive ketones (excluding diaryl/α,β-unsaturated/α-hetero) is 1. The summed E-state index contributed by atoms with van der Waals surface area (Å²) < 4.78 is 0. The van der Waals surface area contributed by atoms with Crippen molar-refractivity contribution in [2.75, 3.05) is 0 Å². The van der Waals surface area contributed by atoms with Crippen LogP contribution < -0.4 is 0 Å². The van der Waals surface area contributed by atoms with Crippen molar-refractivity contribution in [1.29, 1.82) is 0 Å². The molecule has 0 aromatic heterocycles. The van der Waals surface area contributed by atoms with E-state index in [0.29, 0.717) is 5.75 Å². The molecule has 0 bridgehead atoms. The monoisotopic (exact) mass is 204 g/mol. The number of ketones is 1. The number of benzene rings is 1. The number of aromatic hydroxyl groups is 1. The second-order valence-electron chi connectivity index (χ2n) is 4.48. The minimum Gasteiger partial charge on any atom is -0.507 e. The molecule has 1 aliphatic carbocycles. The van der Waals surface area contributed by atoms with Gasteiger partial charge in [-0.15, -0.1) is 0 Å². The Morgan fingerprint density at radius 2 is 1.87 bits per heavy atom. The fourth-order valence-electron chi connectivity index (χ4n) is 1.89. The van der Waals surface area contributed by atoms with Crippen LogP contribution in [-0.4, -0.2) is 10.9 Å². The van der Waals surface area contributed by atoms with Crippen molar-refractivity contribution in [2.24, 2.45) is 5.92 Å². The van der Waals surface area contributed by atoms with Gasteiger partial charge in [-0.1, -0.05) is 0 Å². The minimum absolute atomic E-state index is 0.243. The Kier molecular flexibility index (Phi) is 2.29. The lowest BCUT2D eigenvalue weighted by atomic mass is 9.94.